The van der Waals surface area contributed by atoms with E-state index in [1.54, 1.807) is 19.2 Å². The zero-order valence-electron chi connectivity index (χ0n) is 6.17. The topological polar surface area (TPSA) is 48.1 Å². The number of methoxy groups -OCH3 is 1. The third-order valence-corrected chi connectivity index (χ3v) is 1.63. The quantitative estimate of drug-likeness (QED) is 0.687. The van der Waals surface area contributed by atoms with Crippen LogP contribution in [0.5, 0.6) is 5.88 Å². The number of aromatic nitrogens is 1. The van der Waals surface area contributed by atoms with Crippen LogP contribution in [0, 0.1) is 0 Å². The number of ether oxygens (including phenoxy) is 1. The van der Waals surface area contributed by atoms with Crippen molar-refractivity contribution in [1.82, 2.24) is 4.98 Å². The molecule has 1 heterocycles. The van der Waals surface area contributed by atoms with Crippen molar-refractivity contribution in [1.29, 1.82) is 0 Å². The second-order valence-electron chi connectivity index (χ2n) is 2.03. The Morgan fingerprint density at radius 3 is 2.82 bits per heavy atom. The maximum absolute atomic E-state index is 5.57. The molecular weight excluding hydrogens is 164 g/mol. The van der Waals surface area contributed by atoms with Gasteiger partial charge in [-0.15, -0.1) is 11.6 Å². The normalized spacial score (nSPS) is 9.64. The molecule has 0 aromatic carbocycles. The smallest absolute Gasteiger partial charge is 0.214 e. The lowest BCUT2D eigenvalue weighted by molar-refractivity contribution is 0.398. The summed E-state index contributed by atoms with van der Waals surface area (Å²) in [5.41, 5.74) is 6.36. The van der Waals surface area contributed by atoms with Gasteiger partial charge in [0.15, 0.2) is 0 Å². The van der Waals surface area contributed by atoms with Gasteiger partial charge in [-0.1, -0.05) is 0 Å². The third kappa shape index (κ3) is 1.74. The molecule has 0 aliphatic rings. The molecule has 4 heteroatoms. The van der Waals surface area contributed by atoms with Gasteiger partial charge in [-0.05, 0) is 6.07 Å². The van der Waals surface area contributed by atoms with E-state index in [9.17, 15) is 0 Å². The second kappa shape index (κ2) is 3.44. The summed E-state index contributed by atoms with van der Waals surface area (Å²) in [7, 11) is 1.54. The lowest BCUT2D eigenvalue weighted by Crippen LogP contribution is -1.97. The van der Waals surface area contributed by atoms with Crippen LogP contribution in [0.1, 0.15) is 5.56 Å². The Morgan fingerprint density at radius 2 is 2.36 bits per heavy atom. The largest absolute Gasteiger partial charge is 0.481 e. The van der Waals surface area contributed by atoms with E-state index in [0.717, 1.165) is 5.56 Å². The molecule has 11 heavy (non-hydrogen) atoms. The molecule has 60 valence electrons. The number of rotatable bonds is 2. The van der Waals surface area contributed by atoms with Gasteiger partial charge in [0, 0.05) is 11.6 Å². The molecule has 0 aliphatic heterocycles. The van der Waals surface area contributed by atoms with Crippen molar-refractivity contribution >= 4 is 17.4 Å². The second-order valence-corrected chi connectivity index (χ2v) is 2.30. The van der Waals surface area contributed by atoms with Gasteiger partial charge in [0.2, 0.25) is 5.88 Å². The molecule has 0 bridgehead atoms. The average molecular weight is 173 g/mol. The highest BCUT2D eigenvalue weighted by molar-refractivity contribution is 6.17. The summed E-state index contributed by atoms with van der Waals surface area (Å²) in [5, 5.41) is 0. The Balaban J connectivity index is 2.99. The highest BCUT2D eigenvalue weighted by Gasteiger charge is 1.99. The number of pyridine rings is 1. The van der Waals surface area contributed by atoms with E-state index >= 15 is 0 Å². The Bertz CT molecular complexity index is 252. The molecule has 2 N–H and O–H groups in total. The van der Waals surface area contributed by atoms with Gasteiger partial charge in [-0.2, -0.15) is 4.98 Å². The first-order valence-corrected chi connectivity index (χ1v) is 3.66. The summed E-state index contributed by atoms with van der Waals surface area (Å²) >= 11 is 5.57. The number of nitrogen functional groups attached to an aromatic ring is 1. The zero-order chi connectivity index (χ0) is 8.27. The molecule has 1 aromatic rings. The van der Waals surface area contributed by atoms with Crippen LogP contribution in [-0.4, -0.2) is 12.1 Å². The van der Waals surface area contributed by atoms with Crippen molar-refractivity contribution in [2.45, 2.75) is 5.88 Å². The predicted octanol–water partition coefficient (Wildman–Crippen LogP) is 1.41. The number of nitrogens with zero attached hydrogens (tertiary/aromatic N) is 1. The first-order chi connectivity index (χ1) is 5.27. The van der Waals surface area contributed by atoms with Crippen LogP contribution >= 0.6 is 11.6 Å². The standard InChI is InChI=1S/C7H9ClN2O/c1-11-6-3-2-5(4-8)7(9)10-6/h2-3H,4H2,1H3,(H2,9,10). The van der Waals surface area contributed by atoms with Crippen molar-refractivity contribution in [3.05, 3.63) is 17.7 Å². The molecule has 1 aromatic heterocycles. The molecule has 0 radical (unpaired) electrons. The van der Waals surface area contributed by atoms with E-state index in [2.05, 4.69) is 4.98 Å². The van der Waals surface area contributed by atoms with Gasteiger partial charge in [-0.25, -0.2) is 0 Å². The monoisotopic (exact) mass is 172 g/mol. The van der Waals surface area contributed by atoms with E-state index in [1.807, 2.05) is 0 Å². The van der Waals surface area contributed by atoms with E-state index in [-0.39, 0.29) is 0 Å². The summed E-state index contributed by atoms with van der Waals surface area (Å²) in [5.74, 6) is 1.32. The summed E-state index contributed by atoms with van der Waals surface area (Å²) in [6, 6.07) is 3.53. The Labute approximate surface area is 70.1 Å². The number of anilines is 1. The molecular formula is C7H9ClN2O. The first kappa shape index (κ1) is 8.14. The van der Waals surface area contributed by atoms with E-state index in [4.69, 9.17) is 22.1 Å². The average Bonchev–Trinajstić information content (AvgIpc) is 2.04. The molecule has 0 amide bonds. The fraction of sp³-hybridized carbons (Fsp3) is 0.286. The number of hydrogen-bond acceptors (Lipinski definition) is 3. The van der Waals surface area contributed by atoms with Crippen molar-refractivity contribution in [2.24, 2.45) is 0 Å². The van der Waals surface area contributed by atoms with Gasteiger partial charge in [0.1, 0.15) is 5.82 Å². The lowest BCUT2D eigenvalue weighted by atomic mass is 10.3. The molecule has 1 rings (SSSR count). The van der Waals surface area contributed by atoms with Crippen LogP contribution in [0.4, 0.5) is 5.82 Å². The highest BCUT2D eigenvalue weighted by atomic mass is 35.5. The van der Waals surface area contributed by atoms with Crippen LogP contribution < -0.4 is 10.5 Å². The van der Waals surface area contributed by atoms with Gasteiger partial charge < -0.3 is 10.5 Å². The number of halogens is 1. The minimum atomic E-state index is 0.378. The summed E-state index contributed by atoms with van der Waals surface area (Å²) in [6.45, 7) is 0. The number of alkyl halides is 1. The third-order valence-electron chi connectivity index (χ3n) is 1.34. The minimum absolute atomic E-state index is 0.378. The Kier molecular flexibility index (Phi) is 2.54. The van der Waals surface area contributed by atoms with Gasteiger partial charge in [0.05, 0.1) is 13.0 Å². The van der Waals surface area contributed by atoms with E-state index in [0.29, 0.717) is 17.6 Å². The van der Waals surface area contributed by atoms with Crippen molar-refractivity contribution in [2.75, 3.05) is 12.8 Å². The molecule has 0 fully saturated rings. The van der Waals surface area contributed by atoms with Crippen LogP contribution in [0.3, 0.4) is 0 Å². The molecule has 3 nitrogen and oxygen atoms in total. The molecule has 0 spiro atoms. The van der Waals surface area contributed by atoms with Crippen molar-refractivity contribution < 1.29 is 4.74 Å². The van der Waals surface area contributed by atoms with Crippen LogP contribution in [0.15, 0.2) is 12.1 Å². The maximum Gasteiger partial charge on any atom is 0.214 e. The minimum Gasteiger partial charge on any atom is -0.481 e. The molecule has 0 atom stereocenters. The first-order valence-electron chi connectivity index (χ1n) is 3.13. The number of hydrogen-bond donors (Lipinski definition) is 1. The Hall–Kier alpha value is -0.960. The maximum atomic E-state index is 5.57. The van der Waals surface area contributed by atoms with Crippen LogP contribution in [0.2, 0.25) is 0 Å². The van der Waals surface area contributed by atoms with Crippen LogP contribution in [0.25, 0.3) is 0 Å². The highest BCUT2D eigenvalue weighted by Crippen LogP contribution is 2.15. The van der Waals surface area contributed by atoms with Crippen molar-refractivity contribution in [3.8, 4) is 5.88 Å². The summed E-state index contributed by atoms with van der Waals surface area (Å²) in [4.78, 5) is 3.93. The molecule has 0 saturated carbocycles. The SMILES string of the molecule is COc1ccc(CCl)c(N)n1. The number of nitrogens with two attached hydrogens (primary N) is 1. The van der Waals surface area contributed by atoms with Gasteiger partial charge in [0.25, 0.3) is 0 Å². The van der Waals surface area contributed by atoms with Crippen LogP contribution in [-0.2, 0) is 5.88 Å². The molecule has 0 unspecified atom stereocenters. The summed E-state index contributed by atoms with van der Waals surface area (Å²) < 4.78 is 4.86. The zero-order valence-corrected chi connectivity index (χ0v) is 6.93. The van der Waals surface area contributed by atoms with E-state index < -0.39 is 0 Å². The van der Waals surface area contributed by atoms with Crippen molar-refractivity contribution in [3.63, 3.8) is 0 Å². The van der Waals surface area contributed by atoms with E-state index in [1.165, 1.54) is 0 Å². The summed E-state index contributed by atoms with van der Waals surface area (Å²) in [6.07, 6.45) is 0. The van der Waals surface area contributed by atoms with Gasteiger partial charge in [-0.3, -0.25) is 0 Å². The molecule has 0 aliphatic carbocycles. The Morgan fingerprint density at radius 1 is 1.64 bits per heavy atom. The fourth-order valence-corrected chi connectivity index (χ4v) is 0.938. The fourth-order valence-electron chi connectivity index (χ4n) is 0.712. The lowest BCUT2D eigenvalue weighted by Gasteiger charge is -2.02. The molecule has 0 saturated heterocycles. The van der Waals surface area contributed by atoms with Gasteiger partial charge >= 0.3 is 0 Å². The predicted molar refractivity (Wildman–Crippen MR) is 44.8 cm³/mol.